The second-order valence-corrected chi connectivity index (χ2v) is 5.91. The fourth-order valence-corrected chi connectivity index (χ4v) is 2.88. The van der Waals surface area contributed by atoms with Crippen molar-refractivity contribution < 1.29 is 9.53 Å². The summed E-state index contributed by atoms with van der Waals surface area (Å²) in [5, 5.41) is 5.00. The van der Waals surface area contributed by atoms with Gasteiger partial charge in [-0.15, -0.1) is 11.3 Å². The molecule has 0 fully saturated rings. The molecule has 0 aliphatic rings. The molecule has 94 valence electrons. The number of aromatic nitrogens is 1. The molecule has 7 heteroatoms. The smallest absolute Gasteiger partial charge is 0.264 e. The number of nitrogens with one attached hydrogen (secondary N) is 1. The van der Waals surface area contributed by atoms with Gasteiger partial charge in [-0.25, -0.2) is 4.98 Å². The molecule has 1 amide bonds. The molecule has 0 radical (unpaired) electrons. The third kappa shape index (κ3) is 3.79. The van der Waals surface area contributed by atoms with E-state index in [1.807, 2.05) is 12.1 Å². The molecular formula is C11H8Br2N2O2S. The minimum atomic E-state index is -0.236. The van der Waals surface area contributed by atoms with Gasteiger partial charge in [-0.3, -0.25) is 10.1 Å². The summed E-state index contributed by atoms with van der Waals surface area (Å²) in [7, 11) is 0. The second-order valence-electron chi connectivity index (χ2n) is 3.25. The Morgan fingerprint density at radius 2 is 2.28 bits per heavy atom. The number of anilines is 1. The zero-order valence-corrected chi connectivity index (χ0v) is 13.0. The Hall–Kier alpha value is -0.920. The number of hydrogen-bond donors (Lipinski definition) is 1. The van der Waals surface area contributed by atoms with Crippen LogP contribution in [0.1, 0.15) is 0 Å². The summed E-state index contributed by atoms with van der Waals surface area (Å²) in [4.78, 5) is 15.5. The van der Waals surface area contributed by atoms with Crippen molar-refractivity contribution in [3.05, 3.63) is 38.7 Å². The lowest BCUT2D eigenvalue weighted by atomic mass is 10.3. The van der Waals surface area contributed by atoms with Crippen LogP contribution < -0.4 is 10.1 Å². The van der Waals surface area contributed by atoms with E-state index in [1.165, 1.54) is 11.3 Å². The molecule has 0 spiro atoms. The van der Waals surface area contributed by atoms with Gasteiger partial charge in [0.15, 0.2) is 11.7 Å². The molecule has 1 N–H and O–H groups in total. The predicted octanol–water partition coefficient (Wildman–Crippen LogP) is 3.69. The molecule has 18 heavy (non-hydrogen) atoms. The summed E-state index contributed by atoms with van der Waals surface area (Å²) in [6, 6.07) is 5.48. The van der Waals surface area contributed by atoms with Crippen molar-refractivity contribution in [3.63, 3.8) is 0 Å². The van der Waals surface area contributed by atoms with Gasteiger partial charge in [0.05, 0.1) is 4.47 Å². The highest BCUT2D eigenvalue weighted by Gasteiger charge is 2.07. The Morgan fingerprint density at radius 3 is 2.94 bits per heavy atom. The lowest BCUT2D eigenvalue weighted by Gasteiger charge is -2.07. The second kappa shape index (κ2) is 6.31. The van der Waals surface area contributed by atoms with Crippen molar-refractivity contribution in [2.75, 3.05) is 11.9 Å². The average Bonchev–Trinajstić information content (AvgIpc) is 2.80. The maximum Gasteiger partial charge on any atom is 0.264 e. The van der Waals surface area contributed by atoms with Crippen LogP contribution >= 0.6 is 43.2 Å². The van der Waals surface area contributed by atoms with Crippen LogP contribution in [0.3, 0.4) is 0 Å². The Labute approximate surface area is 125 Å². The molecule has 0 atom stereocenters. The van der Waals surface area contributed by atoms with E-state index in [4.69, 9.17) is 4.74 Å². The van der Waals surface area contributed by atoms with Gasteiger partial charge in [-0.05, 0) is 34.1 Å². The molecule has 0 unspecified atom stereocenters. The maximum atomic E-state index is 11.6. The van der Waals surface area contributed by atoms with Gasteiger partial charge in [0.1, 0.15) is 5.75 Å². The molecule has 1 heterocycles. The van der Waals surface area contributed by atoms with Crippen LogP contribution in [0, 0.1) is 0 Å². The lowest BCUT2D eigenvalue weighted by molar-refractivity contribution is -0.118. The number of amides is 1. The van der Waals surface area contributed by atoms with Gasteiger partial charge < -0.3 is 4.74 Å². The fraction of sp³-hybridized carbons (Fsp3) is 0.0909. The van der Waals surface area contributed by atoms with Gasteiger partial charge >= 0.3 is 0 Å². The van der Waals surface area contributed by atoms with Crippen LogP contribution in [0.25, 0.3) is 0 Å². The quantitative estimate of drug-likeness (QED) is 0.864. The van der Waals surface area contributed by atoms with E-state index in [-0.39, 0.29) is 12.5 Å². The number of halogens is 2. The highest BCUT2D eigenvalue weighted by atomic mass is 79.9. The van der Waals surface area contributed by atoms with E-state index in [0.29, 0.717) is 10.9 Å². The molecule has 0 bridgehead atoms. The van der Waals surface area contributed by atoms with Gasteiger partial charge in [0, 0.05) is 16.0 Å². The van der Waals surface area contributed by atoms with E-state index in [0.717, 1.165) is 8.95 Å². The normalized spacial score (nSPS) is 10.1. The summed E-state index contributed by atoms with van der Waals surface area (Å²) in [6.45, 7) is -0.0557. The molecule has 0 aliphatic heterocycles. The molecule has 4 nitrogen and oxygen atoms in total. The number of carbonyl (C=O) groups is 1. The number of hydrogen-bond acceptors (Lipinski definition) is 4. The van der Waals surface area contributed by atoms with Gasteiger partial charge in [-0.1, -0.05) is 15.9 Å². The first-order valence-electron chi connectivity index (χ1n) is 4.92. The standard InChI is InChI=1S/C11H8Br2N2O2S/c12-7-1-2-9(8(13)5-7)17-6-10(16)15-11-14-3-4-18-11/h1-5H,6H2,(H,14,15,16). The summed E-state index contributed by atoms with van der Waals surface area (Å²) >= 11 is 8.07. The SMILES string of the molecule is O=C(COc1ccc(Br)cc1Br)Nc1nccs1. The van der Waals surface area contributed by atoms with Crippen LogP contribution in [-0.2, 0) is 4.79 Å². The molecule has 2 rings (SSSR count). The molecule has 0 aliphatic carbocycles. The molecule has 0 saturated heterocycles. The number of rotatable bonds is 4. The predicted molar refractivity (Wildman–Crippen MR) is 78.1 cm³/mol. The molecule has 1 aromatic carbocycles. The topological polar surface area (TPSA) is 51.2 Å². The average molecular weight is 392 g/mol. The molecule has 0 saturated carbocycles. The molecule has 2 aromatic rings. The van der Waals surface area contributed by atoms with Crippen LogP contribution in [-0.4, -0.2) is 17.5 Å². The van der Waals surface area contributed by atoms with Crippen molar-refractivity contribution in [2.24, 2.45) is 0 Å². The van der Waals surface area contributed by atoms with E-state index in [9.17, 15) is 4.79 Å². The highest BCUT2D eigenvalue weighted by Crippen LogP contribution is 2.28. The monoisotopic (exact) mass is 390 g/mol. The van der Waals surface area contributed by atoms with Crippen molar-refractivity contribution in [2.45, 2.75) is 0 Å². The number of ether oxygens (including phenoxy) is 1. The largest absolute Gasteiger partial charge is 0.483 e. The first kappa shape index (κ1) is 13.5. The Bertz CT molecular complexity index is 546. The van der Waals surface area contributed by atoms with Crippen molar-refractivity contribution in [3.8, 4) is 5.75 Å². The minimum absolute atomic E-state index is 0.0557. The third-order valence-electron chi connectivity index (χ3n) is 1.93. The number of benzene rings is 1. The van der Waals surface area contributed by atoms with Crippen molar-refractivity contribution in [1.29, 1.82) is 0 Å². The zero-order valence-electron chi connectivity index (χ0n) is 9.02. The van der Waals surface area contributed by atoms with Gasteiger partial charge in [0.25, 0.3) is 5.91 Å². The van der Waals surface area contributed by atoms with E-state index >= 15 is 0 Å². The van der Waals surface area contributed by atoms with E-state index < -0.39 is 0 Å². The first-order valence-corrected chi connectivity index (χ1v) is 7.39. The van der Waals surface area contributed by atoms with Crippen molar-refractivity contribution >= 4 is 54.2 Å². The summed E-state index contributed by atoms with van der Waals surface area (Å²) in [5.41, 5.74) is 0. The van der Waals surface area contributed by atoms with Crippen LogP contribution in [0.4, 0.5) is 5.13 Å². The highest BCUT2D eigenvalue weighted by molar-refractivity contribution is 9.11. The zero-order chi connectivity index (χ0) is 13.0. The summed E-state index contributed by atoms with van der Waals surface area (Å²) < 4.78 is 7.13. The van der Waals surface area contributed by atoms with Crippen LogP contribution in [0.2, 0.25) is 0 Å². The van der Waals surface area contributed by atoms with E-state index in [1.54, 1.807) is 17.6 Å². The number of carbonyl (C=O) groups excluding carboxylic acids is 1. The number of nitrogens with zero attached hydrogens (tertiary/aromatic N) is 1. The van der Waals surface area contributed by atoms with Crippen LogP contribution in [0.5, 0.6) is 5.75 Å². The van der Waals surface area contributed by atoms with Crippen LogP contribution in [0.15, 0.2) is 38.7 Å². The first-order chi connectivity index (χ1) is 8.65. The molecule has 1 aromatic heterocycles. The number of thiazole rings is 1. The Morgan fingerprint density at radius 1 is 1.44 bits per heavy atom. The van der Waals surface area contributed by atoms with Gasteiger partial charge in [0.2, 0.25) is 0 Å². The molecular weight excluding hydrogens is 384 g/mol. The summed E-state index contributed by atoms with van der Waals surface area (Å²) in [5.74, 6) is 0.382. The lowest BCUT2D eigenvalue weighted by Crippen LogP contribution is -2.20. The minimum Gasteiger partial charge on any atom is -0.483 e. The van der Waals surface area contributed by atoms with Crippen molar-refractivity contribution in [1.82, 2.24) is 4.98 Å². The Kier molecular flexibility index (Phi) is 4.73. The maximum absolute atomic E-state index is 11.6. The Balaban J connectivity index is 1.89. The van der Waals surface area contributed by atoms with E-state index in [2.05, 4.69) is 42.2 Å². The van der Waals surface area contributed by atoms with Gasteiger partial charge in [-0.2, -0.15) is 0 Å². The fourth-order valence-electron chi connectivity index (χ4n) is 1.18. The summed E-state index contributed by atoms with van der Waals surface area (Å²) in [6.07, 6.45) is 1.63. The third-order valence-corrected chi connectivity index (χ3v) is 3.73.